The van der Waals surface area contributed by atoms with Crippen LogP contribution in [-0.4, -0.2) is 43.4 Å². The second kappa shape index (κ2) is 9.21. The largest absolute Gasteiger partial charge is 0.357 e. The lowest BCUT2D eigenvalue weighted by Gasteiger charge is -2.22. The van der Waals surface area contributed by atoms with Gasteiger partial charge in [0, 0.05) is 38.2 Å². The molecule has 1 aliphatic heterocycles. The molecule has 1 heterocycles. The van der Waals surface area contributed by atoms with Crippen LogP contribution in [-0.2, 0) is 6.54 Å². The van der Waals surface area contributed by atoms with Crippen LogP contribution < -0.4 is 10.6 Å². The molecule has 3 rings (SSSR count). The molecule has 1 aliphatic rings. The van der Waals surface area contributed by atoms with E-state index >= 15 is 0 Å². The Bertz CT molecular complexity index is 771. The highest BCUT2D eigenvalue weighted by molar-refractivity contribution is 5.93. The van der Waals surface area contributed by atoms with E-state index in [0.717, 1.165) is 37.6 Å². The van der Waals surface area contributed by atoms with Gasteiger partial charge < -0.3 is 15.5 Å². The fraction of sp³-hybridized carbons (Fsp3) is 0.364. The predicted molar refractivity (Wildman–Crippen MR) is 110 cm³/mol. The van der Waals surface area contributed by atoms with E-state index in [0.29, 0.717) is 18.0 Å². The maximum absolute atomic E-state index is 11.6. The van der Waals surface area contributed by atoms with Gasteiger partial charge in [0.1, 0.15) is 0 Å². The van der Waals surface area contributed by atoms with Crippen molar-refractivity contribution in [2.75, 3.05) is 26.7 Å². The third-order valence-corrected chi connectivity index (χ3v) is 4.95. The van der Waals surface area contributed by atoms with Gasteiger partial charge in [0.2, 0.25) is 0 Å². The zero-order valence-corrected chi connectivity index (χ0v) is 16.1. The van der Waals surface area contributed by atoms with Crippen molar-refractivity contribution < 1.29 is 4.79 Å². The topological polar surface area (TPSA) is 56.7 Å². The molecule has 0 spiro atoms. The van der Waals surface area contributed by atoms with Gasteiger partial charge in [-0.15, -0.1) is 0 Å². The van der Waals surface area contributed by atoms with Crippen LogP contribution in [0, 0.1) is 0 Å². The van der Waals surface area contributed by atoms with Crippen LogP contribution in [0.4, 0.5) is 0 Å². The highest BCUT2D eigenvalue weighted by Crippen LogP contribution is 2.26. The Morgan fingerprint density at radius 1 is 1.15 bits per heavy atom. The van der Waals surface area contributed by atoms with E-state index < -0.39 is 0 Å². The predicted octanol–water partition coefficient (Wildman–Crippen LogP) is 3.00. The zero-order valence-electron chi connectivity index (χ0n) is 16.1. The summed E-state index contributed by atoms with van der Waals surface area (Å²) in [6.07, 6.45) is 1.15. The van der Waals surface area contributed by atoms with Gasteiger partial charge in [-0.3, -0.25) is 4.79 Å². The highest BCUT2D eigenvalue weighted by Gasteiger charge is 2.25. The van der Waals surface area contributed by atoms with Crippen molar-refractivity contribution in [1.29, 1.82) is 0 Å². The Kier molecular flexibility index (Phi) is 6.47. The van der Waals surface area contributed by atoms with Crippen molar-refractivity contribution in [3.8, 4) is 0 Å². The number of nitrogens with one attached hydrogen (secondary N) is 2. The molecule has 2 aromatic carbocycles. The Labute approximate surface area is 161 Å². The van der Waals surface area contributed by atoms with E-state index in [9.17, 15) is 4.79 Å². The van der Waals surface area contributed by atoms with E-state index in [1.807, 2.05) is 24.3 Å². The van der Waals surface area contributed by atoms with Gasteiger partial charge in [-0.05, 0) is 36.6 Å². The number of carbonyl (C=O) groups is 1. The molecular weight excluding hydrogens is 336 g/mol. The summed E-state index contributed by atoms with van der Waals surface area (Å²) < 4.78 is 0. The number of hydrogen-bond acceptors (Lipinski definition) is 2. The molecule has 5 heteroatoms. The first-order valence-corrected chi connectivity index (χ1v) is 9.60. The Morgan fingerprint density at radius 3 is 2.56 bits per heavy atom. The van der Waals surface area contributed by atoms with Crippen LogP contribution in [0.2, 0.25) is 0 Å². The lowest BCUT2D eigenvalue weighted by molar-refractivity contribution is 0.0963. The maximum atomic E-state index is 11.6. The minimum absolute atomic E-state index is 0.0672. The van der Waals surface area contributed by atoms with E-state index in [2.05, 4.69) is 52.8 Å². The Hall–Kier alpha value is -2.82. The van der Waals surface area contributed by atoms with Gasteiger partial charge in [-0.2, -0.15) is 0 Å². The van der Waals surface area contributed by atoms with E-state index in [4.69, 9.17) is 4.99 Å². The summed E-state index contributed by atoms with van der Waals surface area (Å²) in [5, 5.41) is 6.06. The van der Waals surface area contributed by atoms with Crippen molar-refractivity contribution >= 4 is 11.9 Å². The fourth-order valence-electron chi connectivity index (χ4n) is 3.45. The van der Waals surface area contributed by atoms with Crippen LogP contribution in [0.1, 0.15) is 40.7 Å². The monoisotopic (exact) mass is 364 g/mol. The standard InChI is InChI=1S/C22H28N4O/c1-3-24-22(25-15-17-9-11-19(12-10-17)21(27)23-2)26-14-13-20(16-26)18-7-5-4-6-8-18/h4-12,20H,3,13-16H2,1-2H3,(H,23,27)(H,24,25). The minimum Gasteiger partial charge on any atom is -0.357 e. The van der Waals surface area contributed by atoms with E-state index in [-0.39, 0.29) is 5.91 Å². The number of likely N-dealkylation sites (tertiary alicyclic amines) is 1. The second-order valence-corrected chi connectivity index (χ2v) is 6.79. The molecule has 2 N–H and O–H groups in total. The molecule has 0 bridgehead atoms. The third kappa shape index (κ3) is 4.88. The van der Waals surface area contributed by atoms with Crippen LogP contribution in [0.25, 0.3) is 0 Å². The van der Waals surface area contributed by atoms with Crippen molar-refractivity contribution in [3.63, 3.8) is 0 Å². The van der Waals surface area contributed by atoms with Crippen LogP contribution >= 0.6 is 0 Å². The number of benzene rings is 2. The van der Waals surface area contributed by atoms with Crippen LogP contribution in [0.3, 0.4) is 0 Å². The molecule has 1 amide bonds. The summed E-state index contributed by atoms with van der Waals surface area (Å²) >= 11 is 0. The normalized spacial score (nSPS) is 17.0. The van der Waals surface area contributed by atoms with Crippen molar-refractivity contribution in [3.05, 3.63) is 71.3 Å². The summed E-state index contributed by atoms with van der Waals surface area (Å²) in [4.78, 5) is 18.8. The summed E-state index contributed by atoms with van der Waals surface area (Å²) in [5.74, 6) is 1.45. The third-order valence-electron chi connectivity index (χ3n) is 4.95. The molecule has 1 saturated heterocycles. The Morgan fingerprint density at radius 2 is 1.89 bits per heavy atom. The zero-order chi connectivity index (χ0) is 19.1. The molecule has 27 heavy (non-hydrogen) atoms. The smallest absolute Gasteiger partial charge is 0.251 e. The van der Waals surface area contributed by atoms with Crippen LogP contribution in [0.15, 0.2) is 59.6 Å². The second-order valence-electron chi connectivity index (χ2n) is 6.79. The average molecular weight is 364 g/mol. The summed E-state index contributed by atoms with van der Waals surface area (Å²) in [6.45, 7) is 5.55. The molecule has 1 unspecified atom stereocenters. The first-order valence-electron chi connectivity index (χ1n) is 9.60. The average Bonchev–Trinajstić information content (AvgIpc) is 3.21. The first kappa shape index (κ1) is 19.0. The summed E-state index contributed by atoms with van der Waals surface area (Å²) in [7, 11) is 1.64. The Balaban J connectivity index is 1.65. The number of amides is 1. The van der Waals surface area contributed by atoms with Gasteiger partial charge in [-0.25, -0.2) is 4.99 Å². The van der Waals surface area contributed by atoms with Gasteiger partial charge in [0.25, 0.3) is 5.91 Å². The number of hydrogen-bond donors (Lipinski definition) is 2. The summed E-state index contributed by atoms with van der Waals surface area (Å²) in [6, 6.07) is 18.3. The van der Waals surface area contributed by atoms with Crippen molar-refractivity contribution in [1.82, 2.24) is 15.5 Å². The van der Waals surface area contributed by atoms with Crippen LogP contribution in [0.5, 0.6) is 0 Å². The highest BCUT2D eigenvalue weighted by atomic mass is 16.1. The lowest BCUT2D eigenvalue weighted by atomic mass is 9.99. The number of guanidine groups is 1. The molecule has 0 aliphatic carbocycles. The quantitative estimate of drug-likeness (QED) is 0.633. The molecular formula is C22H28N4O. The van der Waals surface area contributed by atoms with Gasteiger partial charge in [0.05, 0.1) is 6.54 Å². The van der Waals surface area contributed by atoms with Gasteiger partial charge in [0.15, 0.2) is 5.96 Å². The number of nitrogens with zero attached hydrogens (tertiary/aromatic N) is 2. The SMILES string of the molecule is CCNC(=NCc1ccc(C(=O)NC)cc1)N1CCC(c2ccccc2)C1. The van der Waals surface area contributed by atoms with Crippen molar-refractivity contribution in [2.45, 2.75) is 25.8 Å². The fourth-order valence-corrected chi connectivity index (χ4v) is 3.45. The minimum atomic E-state index is -0.0672. The molecule has 0 saturated carbocycles. The molecule has 1 fully saturated rings. The molecule has 5 nitrogen and oxygen atoms in total. The lowest BCUT2D eigenvalue weighted by Crippen LogP contribution is -2.40. The van der Waals surface area contributed by atoms with E-state index in [1.165, 1.54) is 5.56 Å². The molecule has 0 aromatic heterocycles. The molecule has 142 valence electrons. The van der Waals surface area contributed by atoms with E-state index in [1.54, 1.807) is 7.05 Å². The first-order chi connectivity index (χ1) is 13.2. The molecule has 1 atom stereocenters. The molecule has 2 aromatic rings. The van der Waals surface area contributed by atoms with Gasteiger partial charge in [-0.1, -0.05) is 42.5 Å². The summed E-state index contributed by atoms with van der Waals surface area (Å²) in [5.41, 5.74) is 3.17. The van der Waals surface area contributed by atoms with Crippen molar-refractivity contribution in [2.24, 2.45) is 4.99 Å². The maximum Gasteiger partial charge on any atom is 0.251 e. The number of aliphatic imine (C=N–C) groups is 1. The molecule has 0 radical (unpaired) electrons. The van der Waals surface area contributed by atoms with Gasteiger partial charge >= 0.3 is 0 Å². The number of carbonyl (C=O) groups excluding carboxylic acids is 1. The number of rotatable bonds is 5.